The maximum absolute atomic E-state index is 4.50. The van der Waals surface area contributed by atoms with Gasteiger partial charge in [0.25, 0.3) is 0 Å². The van der Waals surface area contributed by atoms with E-state index in [0.717, 1.165) is 35.1 Å². The van der Waals surface area contributed by atoms with Crippen LogP contribution in [0.25, 0.3) is 5.65 Å². The largest absolute Gasteiger partial charge is 0.353 e. The summed E-state index contributed by atoms with van der Waals surface area (Å²) >= 11 is 3.49. The molecule has 0 amide bonds. The van der Waals surface area contributed by atoms with Crippen LogP contribution in [0.5, 0.6) is 0 Å². The second-order valence-electron chi connectivity index (χ2n) is 4.72. The number of piperidine rings is 1. The van der Waals surface area contributed by atoms with Crippen LogP contribution in [-0.2, 0) is 0 Å². The van der Waals surface area contributed by atoms with Gasteiger partial charge < -0.3 is 4.90 Å². The van der Waals surface area contributed by atoms with Crippen molar-refractivity contribution in [1.29, 1.82) is 0 Å². The second-order valence-corrected chi connectivity index (χ2v) is 5.53. The van der Waals surface area contributed by atoms with Gasteiger partial charge in [-0.1, -0.05) is 6.92 Å². The third-order valence-corrected chi connectivity index (χ3v) is 3.91. The number of halogens is 1. The fraction of sp³-hybridized carbons (Fsp3) is 0.500. The molecule has 17 heavy (non-hydrogen) atoms. The standard InChI is InChI=1S/C12H15BrN4/c1-9-3-2-5-16(8-9)11-12-15-7-10(13)17(12)6-4-14-11/h4,6-7,9H,2-3,5,8H2,1H3/t9-/m0/s1. The zero-order valence-corrected chi connectivity index (χ0v) is 11.4. The van der Waals surface area contributed by atoms with E-state index in [-0.39, 0.29) is 0 Å². The molecule has 2 aromatic heterocycles. The van der Waals surface area contributed by atoms with Gasteiger partial charge in [0.15, 0.2) is 11.5 Å². The summed E-state index contributed by atoms with van der Waals surface area (Å²) in [6.45, 7) is 4.46. The minimum Gasteiger partial charge on any atom is -0.353 e. The van der Waals surface area contributed by atoms with E-state index in [0.29, 0.717) is 0 Å². The van der Waals surface area contributed by atoms with Crippen molar-refractivity contribution in [1.82, 2.24) is 14.4 Å². The zero-order valence-electron chi connectivity index (χ0n) is 9.80. The van der Waals surface area contributed by atoms with Gasteiger partial charge in [0.2, 0.25) is 0 Å². The third-order valence-electron chi connectivity index (χ3n) is 3.32. The quantitative estimate of drug-likeness (QED) is 0.811. The Morgan fingerprint density at radius 3 is 3.12 bits per heavy atom. The number of hydrogen-bond acceptors (Lipinski definition) is 3. The predicted molar refractivity (Wildman–Crippen MR) is 71.3 cm³/mol. The highest BCUT2D eigenvalue weighted by Gasteiger charge is 2.20. The number of rotatable bonds is 1. The fourth-order valence-corrected chi connectivity index (χ4v) is 2.87. The lowest BCUT2D eigenvalue weighted by Gasteiger charge is -2.31. The Morgan fingerprint density at radius 2 is 2.29 bits per heavy atom. The first-order valence-electron chi connectivity index (χ1n) is 5.98. The molecule has 1 aliphatic rings. The van der Waals surface area contributed by atoms with Gasteiger partial charge in [-0.3, -0.25) is 4.40 Å². The van der Waals surface area contributed by atoms with E-state index in [9.17, 15) is 0 Å². The molecule has 4 nitrogen and oxygen atoms in total. The first-order valence-corrected chi connectivity index (χ1v) is 6.77. The van der Waals surface area contributed by atoms with Crippen LogP contribution in [0.15, 0.2) is 23.2 Å². The van der Waals surface area contributed by atoms with Crippen LogP contribution in [0, 0.1) is 5.92 Å². The molecule has 0 radical (unpaired) electrons. The average Bonchev–Trinajstić information content (AvgIpc) is 2.71. The van der Waals surface area contributed by atoms with Crippen molar-refractivity contribution in [3.8, 4) is 0 Å². The summed E-state index contributed by atoms with van der Waals surface area (Å²) < 4.78 is 3.00. The summed E-state index contributed by atoms with van der Waals surface area (Å²) in [7, 11) is 0. The number of fused-ring (bicyclic) bond motifs is 1. The molecular formula is C12H15BrN4. The maximum atomic E-state index is 4.50. The van der Waals surface area contributed by atoms with E-state index in [1.54, 1.807) is 0 Å². The lowest BCUT2D eigenvalue weighted by atomic mass is 10.0. The van der Waals surface area contributed by atoms with Gasteiger partial charge in [0.1, 0.15) is 4.60 Å². The van der Waals surface area contributed by atoms with Crippen LogP contribution in [0.1, 0.15) is 19.8 Å². The Bertz CT molecular complexity index is 536. The Balaban J connectivity index is 2.04. The molecule has 0 bridgehead atoms. The normalized spacial score (nSPS) is 21.1. The maximum Gasteiger partial charge on any atom is 0.181 e. The van der Waals surface area contributed by atoms with Gasteiger partial charge in [-0.25, -0.2) is 9.97 Å². The first-order chi connectivity index (χ1) is 8.25. The van der Waals surface area contributed by atoms with Gasteiger partial charge in [-0.2, -0.15) is 0 Å². The smallest absolute Gasteiger partial charge is 0.181 e. The molecule has 2 aromatic rings. The summed E-state index contributed by atoms with van der Waals surface area (Å²) in [5.41, 5.74) is 0.938. The summed E-state index contributed by atoms with van der Waals surface area (Å²) in [6, 6.07) is 0. The predicted octanol–water partition coefficient (Wildman–Crippen LogP) is 2.73. The van der Waals surface area contributed by atoms with Crippen molar-refractivity contribution in [2.24, 2.45) is 5.92 Å². The van der Waals surface area contributed by atoms with Gasteiger partial charge >= 0.3 is 0 Å². The molecule has 0 spiro atoms. The van der Waals surface area contributed by atoms with Crippen molar-refractivity contribution in [2.75, 3.05) is 18.0 Å². The number of imidazole rings is 1. The molecular weight excluding hydrogens is 280 g/mol. The highest BCUT2D eigenvalue weighted by atomic mass is 79.9. The lowest BCUT2D eigenvalue weighted by molar-refractivity contribution is 0.445. The molecule has 1 aliphatic heterocycles. The molecule has 0 unspecified atom stereocenters. The molecule has 3 rings (SSSR count). The molecule has 0 aliphatic carbocycles. The topological polar surface area (TPSA) is 33.4 Å². The van der Waals surface area contributed by atoms with Crippen LogP contribution < -0.4 is 4.90 Å². The summed E-state index contributed by atoms with van der Waals surface area (Å²) in [6.07, 6.45) is 8.16. The Hall–Kier alpha value is -1.10. The number of nitrogens with zero attached hydrogens (tertiary/aromatic N) is 4. The molecule has 0 aromatic carbocycles. The van der Waals surface area contributed by atoms with E-state index in [1.807, 2.05) is 23.0 Å². The summed E-state index contributed by atoms with van der Waals surface area (Å²) in [5, 5.41) is 0. The Kier molecular flexibility index (Phi) is 2.78. The summed E-state index contributed by atoms with van der Waals surface area (Å²) in [5.74, 6) is 1.74. The van der Waals surface area contributed by atoms with E-state index >= 15 is 0 Å². The van der Waals surface area contributed by atoms with E-state index in [1.165, 1.54) is 12.8 Å². The fourth-order valence-electron chi connectivity index (χ4n) is 2.48. The average molecular weight is 295 g/mol. The van der Waals surface area contributed by atoms with Gasteiger partial charge in [0.05, 0.1) is 6.20 Å². The molecule has 3 heterocycles. The highest BCUT2D eigenvalue weighted by molar-refractivity contribution is 9.10. The lowest BCUT2D eigenvalue weighted by Crippen LogP contribution is -2.35. The van der Waals surface area contributed by atoms with Crippen molar-refractivity contribution in [3.63, 3.8) is 0 Å². The Labute approximate surface area is 109 Å². The monoisotopic (exact) mass is 294 g/mol. The molecule has 1 saturated heterocycles. The van der Waals surface area contributed by atoms with Crippen molar-refractivity contribution >= 4 is 27.4 Å². The van der Waals surface area contributed by atoms with Crippen molar-refractivity contribution in [3.05, 3.63) is 23.2 Å². The van der Waals surface area contributed by atoms with Gasteiger partial charge in [-0.15, -0.1) is 0 Å². The third kappa shape index (κ3) is 1.92. The van der Waals surface area contributed by atoms with Crippen LogP contribution in [0.3, 0.4) is 0 Å². The van der Waals surface area contributed by atoms with Gasteiger partial charge in [0, 0.05) is 25.5 Å². The second kappa shape index (κ2) is 4.29. The van der Waals surface area contributed by atoms with Crippen LogP contribution >= 0.6 is 15.9 Å². The van der Waals surface area contributed by atoms with Crippen LogP contribution in [0.2, 0.25) is 0 Å². The van der Waals surface area contributed by atoms with Crippen molar-refractivity contribution < 1.29 is 0 Å². The van der Waals surface area contributed by atoms with E-state index < -0.39 is 0 Å². The molecule has 1 atom stereocenters. The van der Waals surface area contributed by atoms with Crippen LogP contribution in [0.4, 0.5) is 5.82 Å². The Morgan fingerprint density at radius 1 is 1.41 bits per heavy atom. The van der Waals surface area contributed by atoms with E-state index in [2.05, 4.69) is 37.7 Å². The minimum atomic E-state index is 0.740. The molecule has 1 fully saturated rings. The molecule has 0 N–H and O–H groups in total. The zero-order chi connectivity index (χ0) is 11.8. The van der Waals surface area contributed by atoms with Crippen molar-refractivity contribution in [2.45, 2.75) is 19.8 Å². The van der Waals surface area contributed by atoms with Crippen LogP contribution in [-0.4, -0.2) is 27.5 Å². The number of anilines is 1. The van der Waals surface area contributed by atoms with E-state index in [4.69, 9.17) is 0 Å². The molecule has 5 heteroatoms. The number of hydrogen-bond donors (Lipinski definition) is 0. The summed E-state index contributed by atoms with van der Waals surface area (Å²) in [4.78, 5) is 11.3. The first kappa shape index (κ1) is 11.0. The highest BCUT2D eigenvalue weighted by Crippen LogP contribution is 2.25. The SMILES string of the molecule is C[C@H]1CCCN(c2nccn3c(Br)cnc23)C1. The van der Waals surface area contributed by atoms with Gasteiger partial charge in [-0.05, 0) is 34.7 Å². The number of aromatic nitrogens is 3. The molecule has 90 valence electrons. The molecule has 0 saturated carbocycles. The minimum absolute atomic E-state index is 0.740.